The van der Waals surface area contributed by atoms with E-state index in [0.29, 0.717) is 17.9 Å². The van der Waals surface area contributed by atoms with Gasteiger partial charge in [-0.1, -0.05) is 0 Å². The SMILES string of the molecule is O=C(NCc1cnc2cnccn12)c1ccc2cn[nH]c2n1. The molecule has 0 atom stereocenters. The summed E-state index contributed by atoms with van der Waals surface area (Å²) >= 11 is 0. The van der Waals surface area contributed by atoms with E-state index in [0.717, 1.165) is 16.7 Å². The van der Waals surface area contributed by atoms with Gasteiger partial charge in [0.25, 0.3) is 5.91 Å². The summed E-state index contributed by atoms with van der Waals surface area (Å²) in [6, 6.07) is 3.48. The van der Waals surface area contributed by atoms with Gasteiger partial charge in [0.1, 0.15) is 5.69 Å². The van der Waals surface area contributed by atoms with E-state index in [1.165, 1.54) is 0 Å². The van der Waals surface area contributed by atoms with Crippen LogP contribution >= 0.6 is 0 Å². The first kappa shape index (κ1) is 12.5. The molecule has 0 saturated carbocycles. The maximum absolute atomic E-state index is 12.2. The molecule has 4 rings (SSSR count). The monoisotopic (exact) mass is 293 g/mol. The van der Waals surface area contributed by atoms with Gasteiger partial charge in [0.15, 0.2) is 11.3 Å². The van der Waals surface area contributed by atoms with E-state index in [9.17, 15) is 4.79 Å². The Balaban J connectivity index is 1.54. The van der Waals surface area contributed by atoms with Gasteiger partial charge in [0.2, 0.25) is 0 Å². The Kier molecular flexibility index (Phi) is 2.78. The molecule has 108 valence electrons. The molecular formula is C14H11N7O. The molecule has 0 aromatic carbocycles. The fourth-order valence-electron chi connectivity index (χ4n) is 2.24. The molecule has 4 aromatic rings. The Bertz CT molecular complexity index is 971. The van der Waals surface area contributed by atoms with Crippen molar-refractivity contribution in [1.82, 2.24) is 34.9 Å². The average Bonchev–Trinajstić information content (AvgIpc) is 3.18. The topological polar surface area (TPSA) is 101 Å². The minimum Gasteiger partial charge on any atom is -0.345 e. The average molecular weight is 293 g/mol. The van der Waals surface area contributed by atoms with Crippen LogP contribution in [0.15, 0.2) is 43.1 Å². The van der Waals surface area contributed by atoms with E-state index in [1.54, 1.807) is 43.1 Å². The first-order valence-corrected chi connectivity index (χ1v) is 6.65. The Labute approximate surface area is 124 Å². The maximum Gasteiger partial charge on any atom is 0.270 e. The van der Waals surface area contributed by atoms with Gasteiger partial charge in [-0.25, -0.2) is 9.97 Å². The number of hydrogen-bond acceptors (Lipinski definition) is 5. The van der Waals surface area contributed by atoms with Crippen molar-refractivity contribution >= 4 is 22.6 Å². The van der Waals surface area contributed by atoms with E-state index < -0.39 is 0 Å². The number of pyridine rings is 1. The van der Waals surface area contributed by atoms with Crippen LogP contribution < -0.4 is 5.32 Å². The molecule has 0 spiro atoms. The molecule has 4 heterocycles. The highest BCUT2D eigenvalue weighted by molar-refractivity contribution is 5.94. The molecule has 0 aliphatic carbocycles. The number of amides is 1. The van der Waals surface area contributed by atoms with Gasteiger partial charge in [-0.05, 0) is 12.1 Å². The standard InChI is InChI=1S/C14H11N7O/c22-14(11-2-1-9-5-18-20-13(9)19-11)17-7-10-6-16-12-8-15-3-4-21(10)12/h1-6,8H,7H2,(H,17,22)(H,18,19,20). The molecule has 0 aliphatic heterocycles. The van der Waals surface area contributed by atoms with Crippen LogP contribution in [0.2, 0.25) is 0 Å². The van der Waals surface area contributed by atoms with Crippen molar-refractivity contribution in [3.8, 4) is 0 Å². The lowest BCUT2D eigenvalue weighted by Crippen LogP contribution is -2.24. The van der Waals surface area contributed by atoms with Gasteiger partial charge in [0.05, 0.1) is 30.8 Å². The highest BCUT2D eigenvalue weighted by atomic mass is 16.1. The molecule has 1 amide bonds. The van der Waals surface area contributed by atoms with Gasteiger partial charge in [0, 0.05) is 17.8 Å². The highest BCUT2D eigenvalue weighted by Gasteiger charge is 2.10. The number of nitrogens with one attached hydrogen (secondary N) is 2. The summed E-state index contributed by atoms with van der Waals surface area (Å²) in [6.07, 6.45) is 8.52. The summed E-state index contributed by atoms with van der Waals surface area (Å²) in [5.41, 5.74) is 2.54. The van der Waals surface area contributed by atoms with Gasteiger partial charge < -0.3 is 5.32 Å². The summed E-state index contributed by atoms with van der Waals surface area (Å²) in [5, 5.41) is 10.3. The Morgan fingerprint density at radius 2 is 2.23 bits per heavy atom. The summed E-state index contributed by atoms with van der Waals surface area (Å²) in [6.45, 7) is 0.354. The Morgan fingerprint density at radius 1 is 1.27 bits per heavy atom. The molecule has 0 unspecified atom stereocenters. The number of carbonyl (C=O) groups is 1. The second-order valence-electron chi connectivity index (χ2n) is 4.74. The molecule has 0 saturated heterocycles. The van der Waals surface area contributed by atoms with Crippen LogP contribution in [0.5, 0.6) is 0 Å². The molecule has 0 radical (unpaired) electrons. The first-order chi connectivity index (χ1) is 10.8. The fraction of sp³-hybridized carbons (Fsp3) is 0.0714. The summed E-state index contributed by atoms with van der Waals surface area (Å²) in [7, 11) is 0. The number of fused-ring (bicyclic) bond motifs is 2. The lowest BCUT2D eigenvalue weighted by Gasteiger charge is -2.04. The first-order valence-electron chi connectivity index (χ1n) is 6.65. The van der Waals surface area contributed by atoms with Crippen LogP contribution in [-0.2, 0) is 6.54 Å². The van der Waals surface area contributed by atoms with Crippen LogP contribution in [0.3, 0.4) is 0 Å². The van der Waals surface area contributed by atoms with E-state index in [-0.39, 0.29) is 5.91 Å². The number of carbonyl (C=O) groups excluding carboxylic acids is 1. The maximum atomic E-state index is 12.2. The number of imidazole rings is 1. The largest absolute Gasteiger partial charge is 0.345 e. The minimum atomic E-state index is -0.250. The third kappa shape index (κ3) is 2.06. The van der Waals surface area contributed by atoms with Crippen LogP contribution in [0.4, 0.5) is 0 Å². The highest BCUT2D eigenvalue weighted by Crippen LogP contribution is 2.09. The van der Waals surface area contributed by atoms with E-state index in [2.05, 4.69) is 30.5 Å². The number of hydrogen-bond donors (Lipinski definition) is 2. The second kappa shape index (κ2) is 4.92. The summed E-state index contributed by atoms with van der Waals surface area (Å²) in [5.74, 6) is -0.250. The second-order valence-corrected chi connectivity index (χ2v) is 4.74. The molecule has 4 aromatic heterocycles. The van der Waals surface area contributed by atoms with Crippen LogP contribution in [0.25, 0.3) is 16.7 Å². The van der Waals surface area contributed by atoms with Gasteiger partial charge in [-0.3, -0.25) is 19.3 Å². The number of rotatable bonds is 3. The van der Waals surface area contributed by atoms with Crippen LogP contribution in [-0.4, -0.2) is 35.5 Å². The molecule has 0 bridgehead atoms. The van der Waals surface area contributed by atoms with Crippen molar-refractivity contribution in [2.75, 3.05) is 0 Å². The third-order valence-electron chi connectivity index (χ3n) is 3.36. The fourth-order valence-corrected chi connectivity index (χ4v) is 2.24. The quantitative estimate of drug-likeness (QED) is 0.585. The van der Waals surface area contributed by atoms with Crippen molar-refractivity contribution in [3.63, 3.8) is 0 Å². The van der Waals surface area contributed by atoms with Crippen molar-refractivity contribution in [2.24, 2.45) is 0 Å². The van der Waals surface area contributed by atoms with Crippen molar-refractivity contribution < 1.29 is 4.79 Å². The van der Waals surface area contributed by atoms with Gasteiger partial charge in [-0.15, -0.1) is 0 Å². The zero-order chi connectivity index (χ0) is 14.9. The molecule has 0 aliphatic rings. The lowest BCUT2D eigenvalue weighted by molar-refractivity contribution is 0.0945. The smallest absolute Gasteiger partial charge is 0.270 e. The van der Waals surface area contributed by atoms with Crippen molar-refractivity contribution in [3.05, 3.63) is 54.5 Å². The lowest BCUT2D eigenvalue weighted by atomic mass is 10.3. The van der Waals surface area contributed by atoms with Crippen LogP contribution in [0.1, 0.15) is 16.2 Å². The van der Waals surface area contributed by atoms with E-state index in [1.807, 2.05) is 4.40 Å². The molecule has 22 heavy (non-hydrogen) atoms. The number of aromatic amines is 1. The zero-order valence-electron chi connectivity index (χ0n) is 11.4. The zero-order valence-corrected chi connectivity index (χ0v) is 11.4. The Hall–Kier alpha value is -3.29. The van der Waals surface area contributed by atoms with Crippen molar-refractivity contribution in [2.45, 2.75) is 6.54 Å². The van der Waals surface area contributed by atoms with Gasteiger partial charge >= 0.3 is 0 Å². The molecule has 0 fully saturated rings. The van der Waals surface area contributed by atoms with Crippen molar-refractivity contribution in [1.29, 1.82) is 0 Å². The number of H-pyrrole nitrogens is 1. The number of nitrogens with zero attached hydrogens (tertiary/aromatic N) is 5. The minimum absolute atomic E-state index is 0.250. The molecular weight excluding hydrogens is 282 g/mol. The molecule has 8 heteroatoms. The Morgan fingerprint density at radius 3 is 3.18 bits per heavy atom. The third-order valence-corrected chi connectivity index (χ3v) is 3.36. The molecule has 2 N–H and O–H groups in total. The predicted molar refractivity (Wildman–Crippen MR) is 78.0 cm³/mol. The van der Waals surface area contributed by atoms with E-state index in [4.69, 9.17) is 0 Å². The van der Waals surface area contributed by atoms with Crippen LogP contribution in [0, 0.1) is 0 Å². The van der Waals surface area contributed by atoms with E-state index >= 15 is 0 Å². The van der Waals surface area contributed by atoms with Gasteiger partial charge in [-0.2, -0.15) is 5.10 Å². The summed E-state index contributed by atoms with van der Waals surface area (Å²) in [4.78, 5) is 24.7. The number of aromatic nitrogens is 6. The summed E-state index contributed by atoms with van der Waals surface area (Å²) < 4.78 is 1.87. The normalized spacial score (nSPS) is 11.1. The predicted octanol–water partition coefficient (Wildman–Crippen LogP) is 0.931. The molecule has 8 nitrogen and oxygen atoms in total.